The van der Waals surface area contributed by atoms with Crippen LogP contribution in [0.5, 0.6) is 0 Å². The maximum atomic E-state index is 12.0. The van der Waals surface area contributed by atoms with Crippen LogP contribution < -0.4 is 5.56 Å². The molecular formula is C13H9BrClIN2O. The van der Waals surface area contributed by atoms with Gasteiger partial charge in [-0.25, -0.2) is 4.98 Å². The lowest BCUT2D eigenvalue weighted by atomic mass is 10.2. The molecule has 1 aliphatic carbocycles. The first-order chi connectivity index (χ1) is 9.06. The molecule has 0 saturated heterocycles. The van der Waals surface area contributed by atoms with E-state index in [1.165, 1.54) is 0 Å². The van der Waals surface area contributed by atoms with Crippen LogP contribution in [0.25, 0.3) is 11.4 Å². The van der Waals surface area contributed by atoms with Gasteiger partial charge in [0.25, 0.3) is 5.56 Å². The fourth-order valence-electron chi connectivity index (χ4n) is 1.88. The second kappa shape index (κ2) is 5.18. The van der Waals surface area contributed by atoms with Crippen LogP contribution in [0.3, 0.4) is 0 Å². The largest absolute Gasteiger partial charge is 0.306 e. The third-order valence-corrected chi connectivity index (χ3v) is 5.32. The van der Waals surface area contributed by atoms with Crippen LogP contribution in [0.15, 0.2) is 27.5 Å². The predicted octanol–water partition coefficient (Wildman–Crippen LogP) is 4.33. The van der Waals surface area contributed by atoms with Crippen LogP contribution in [0, 0.1) is 3.57 Å². The number of nitrogens with zero attached hydrogens (tertiary/aromatic N) is 1. The molecule has 1 saturated carbocycles. The summed E-state index contributed by atoms with van der Waals surface area (Å²) in [4.78, 5) is 19.4. The van der Waals surface area contributed by atoms with Gasteiger partial charge in [0.2, 0.25) is 0 Å². The number of rotatable bonds is 2. The molecule has 1 fully saturated rings. The molecule has 1 heterocycles. The molecule has 0 amide bonds. The van der Waals surface area contributed by atoms with Gasteiger partial charge < -0.3 is 4.98 Å². The first-order valence-corrected chi connectivity index (χ1v) is 8.06. The van der Waals surface area contributed by atoms with Gasteiger partial charge in [0, 0.05) is 16.0 Å². The van der Waals surface area contributed by atoms with Gasteiger partial charge in [-0.05, 0) is 63.5 Å². The van der Waals surface area contributed by atoms with Gasteiger partial charge >= 0.3 is 0 Å². The molecule has 19 heavy (non-hydrogen) atoms. The Morgan fingerprint density at radius 3 is 2.79 bits per heavy atom. The summed E-state index contributed by atoms with van der Waals surface area (Å²) >= 11 is 11.5. The number of aromatic amines is 1. The first-order valence-electron chi connectivity index (χ1n) is 5.81. The van der Waals surface area contributed by atoms with Crippen molar-refractivity contribution in [2.75, 3.05) is 0 Å². The minimum atomic E-state index is -0.0773. The fraction of sp³-hybridized carbons (Fsp3) is 0.231. The molecule has 0 aliphatic heterocycles. The summed E-state index contributed by atoms with van der Waals surface area (Å²) in [6, 6.07) is 5.54. The van der Waals surface area contributed by atoms with Gasteiger partial charge in [0.15, 0.2) is 0 Å². The second-order valence-electron chi connectivity index (χ2n) is 4.52. The Labute approximate surface area is 137 Å². The molecule has 1 N–H and O–H groups in total. The number of benzene rings is 1. The van der Waals surface area contributed by atoms with Crippen molar-refractivity contribution in [3.05, 3.63) is 47.3 Å². The monoisotopic (exact) mass is 450 g/mol. The third-order valence-electron chi connectivity index (χ3n) is 3.05. The summed E-state index contributed by atoms with van der Waals surface area (Å²) in [5, 5.41) is 0.603. The van der Waals surface area contributed by atoms with Crippen LogP contribution >= 0.6 is 50.1 Å². The quantitative estimate of drug-likeness (QED) is 0.691. The van der Waals surface area contributed by atoms with E-state index in [1.807, 2.05) is 12.1 Å². The molecular weight excluding hydrogens is 442 g/mol. The van der Waals surface area contributed by atoms with E-state index in [4.69, 9.17) is 11.6 Å². The Balaban J connectivity index is 2.14. The molecule has 2 aromatic rings. The van der Waals surface area contributed by atoms with E-state index in [2.05, 4.69) is 48.5 Å². The zero-order chi connectivity index (χ0) is 13.6. The SMILES string of the molecule is O=c1[nH]c(-c2ccc(Br)c(Cl)c2)nc(C2CC2)c1I. The van der Waals surface area contributed by atoms with Crippen LogP contribution in [0.1, 0.15) is 24.5 Å². The summed E-state index contributed by atoms with van der Waals surface area (Å²) in [7, 11) is 0. The molecule has 0 bridgehead atoms. The van der Waals surface area contributed by atoms with Crippen molar-refractivity contribution in [2.45, 2.75) is 18.8 Å². The highest BCUT2D eigenvalue weighted by atomic mass is 127. The molecule has 0 unspecified atom stereocenters. The van der Waals surface area contributed by atoms with E-state index in [0.717, 1.165) is 28.6 Å². The number of halogens is 3. The Hall–Kier alpha value is -0.400. The van der Waals surface area contributed by atoms with Crippen LogP contribution in [-0.4, -0.2) is 9.97 Å². The maximum Gasteiger partial charge on any atom is 0.264 e. The van der Waals surface area contributed by atoms with Gasteiger partial charge in [-0.15, -0.1) is 0 Å². The second-order valence-corrected chi connectivity index (χ2v) is 6.86. The minimum Gasteiger partial charge on any atom is -0.306 e. The molecule has 0 spiro atoms. The van der Waals surface area contributed by atoms with Crippen molar-refractivity contribution in [3.8, 4) is 11.4 Å². The molecule has 6 heteroatoms. The Morgan fingerprint density at radius 1 is 1.42 bits per heavy atom. The van der Waals surface area contributed by atoms with Gasteiger partial charge in [0.1, 0.15) is 5.82 Å². The number of hydrogen-bond acceptors (Lipinski definition) is 2. The van der Waals surface area contributed by atoms with Crippen LogP contribution in [0.2, 0.25) is 5.02 Å². The average Bonchev–Trinajstić information content (AvgIpc) is 3.20. The topological polar surface area (TPSA) is 45.8 Å². The summed E-state index contributed by atoms with van der Waals surface area (Å²) in [6.45, 7) is 0. The minimum absolute atomic E-state index is 0.0773. The van der Waals surface area contributed by atoms with E-state index >= 15 is 0 Å². The number of aromatic nitrogens is 2. The van der Waals surface area contributed by atoms with E-state index < -0.39 is 0 Å². The fourth-order valence-corrected chi connectivity index (χ4v) is 3.01. The van der Waals surface area contributed by atoms with Crippen molar-refractivity contribution in [3.63, 3.8) is 0 Å². The lowest BCUT2D eigenvalue weighted by Gasteiger charge is -2.07. The van der Waals surface area contributed by atoms with E-state index in [-0.39, 0.29) is 5.56 Å². The van der Waals surface area contributed by atoms with Gasteiger partial charge in [-0.2, -0.15) is 0 Å². The maximum absolute atomic E-state index is 12.0. The molecule has 3 rings (SSSR count). The zero-order valence-corrected chi connectivity index (χ0v) is 14.2. The van der Waals surface area contributed by atoms with Gasteiger partial charge in [-0.3, -0.25) is 4.79 Å². The zero-order valence-electron chi connectivity index (χ0n) is 9.71. The molecule has 3 nitrogen and oxygen atoms in total. The number of H-pyrrole nitrogens is 1. The van der Waals surface area contributed by atoms with Gasteiger partial charge in [-0.1, -0.05) is 17.7 Å². The predicted molar refractivity (Wildman–Crippen MR) is 87.7 cm³/mol. The molecule has 0 atom stereocenters. The van der Waals surface area contributed by atoms with Crippen molar-refractivity contribution >= 4 is 50.1 Å². The van der Waals surface area contributed by atoms with E-state index in [1.54, 1.807) is 6.07 Å². The normalized spacial score (nSPS) is 14.7. The summed E-state index contributed by atoms with van der Waals surface area (Å²) < 4.78 is 1.53. The van der Waals surface area contributed by atoms with Crippen molar-refractivity contribution < 1.29 is 0 Å². The highest BCUT2D eigenvalue weighted by Gasteiger charge is 2.29. The third kappa shape index (κ3) is 2.73. The summed E-state index contributed by atoms with van der Waals surface area (Å²) in [5.74, 6) is 1.03. The van der Waals surface area contributed by atoms with Crippen molar-refractivity contribution in [2.24, 2.45) is 0 Å². The van der Waals surface area contributed by atoms with Crippen molar-refractivity contribution in [1.82, 2.24) is 9.97 Å². The highest BCUT2D eigenvalue weighted by Crippen LogP contribution is 2.40. The molecule has 98 valence electrons. The molecule has 1 aliphatic rings. The van der Waals surface area contributed by atoms with Crippen molar-refractivity contribution in [1.29, 1.82) is 0 Å². The lowest BCUT2D eigenvalue weighted by molar-refractivity contribution is 0.958. The lowest BCUT2D eigenvalue weighted by Crippen LogP contribution is -2.15. The highest BCUT2D eigenvalue weighted by molar-refractivity contribution is 14.1. The Morgan fingerprint density at radius 2 is 2.16 bits per heavy atom. The standard InChI is InChI=1S/C13H9BrClIN2O/c14-8-4-3-7(5-9(8)15)12-17-11(6-1-2-6)10(16)13(19)18-12/h3-6H,1-2H2,(H,17,18,19). The van der Waals surface area contributed by atoms with E-state index in [0.29, 0.717) is 20.3 Å². The van der Waals surface area contributed by atoms with Crippen LogP contribution in [0.4, 0.5) is 0 Å². The van der Waals surface area contributed by atoms with Crippen LogP contribution in [-0.2, 0) is 0 Å². The molecule has 0 radical (unpaired) electrons. The first kappa shape index (κ1) is 13.6. The number of nitrogens with one attached hydrogen (secondary N) is 1. The van der Waals surface area contributed by atoms with E-state index in [9.17, 15) is 4.79 Å². The smallest absolute Gasteiger partial charge is 0.264 e. The average molecular weight is 451 g/mol. The summed E-state index contributed by atoms with van der Waals surface area (Å²) in [6.07, 6.45) is 2.24. The Bertz CT molecular complexity index is 712. The summed E-state index contributed by atoms with van der Waals surface area (Å²) in [5.41, 5.74) is 1.66. The van der Waals surface area contributed by atoms with Gasteiger partial charge in [0.05, 0.1) is 14.3 Å². The molecule has 1 aromatic carbocycles. The Kier molecular flexibility index (Phi) is 3.70. The molecule has 1 aromatic heterocycles. The number of hydrogen-bond donors (Lipinski definition) is 1.